The summed E-state index contributed by atoms with van der Waals surface area (Å²) in [6, 6.07) is 3.14. The topological polar surface area (TPSA) is 62.6 Å². The van der Waals surface area contributed by atoms with Crippen LogP contribution < -0.4 is 5.32 Å². The van der Waals surface area contributed by atoms with E-state index in [1.165, 1.54) is 4.90 Å². The van der Waals surface area contributed by atoms with Crippen LogP contribution in [-0.2, 0) is 16.1 Å². The third kappa shape index (κ3) is 2.49. The number of furan rings is 1. The first-order valence-electron chi connectivity index (χ1n) is 5.68. The molecule has 0 spiro atoms. The van der Waals surface area contributed by atoms with Crippen molar-refractivity contribution in [3.8, 4) is 0 Å². The van der Waals surface area contributed by atoms with Gasteiger partial charge in [-0.2, -0.15) is 0 Å². The molecule has 1 fully saturated rings. The van der Waals surface area contributed by atoms with Crippen molar-refractivity contribution in [2.75, 3.05) is 6.54 Å². The number of nitrogens with one attached hydrogen (secondary N) is 1. The Morgan fingerprint density at radius 2 is 2.29 bits per heavy atom. The maximum absolute atomic E-state index is 12.1. The lowest BCUT2D eigenvalue weighted by Gasteiger charge is -2.33. The highest BCUT2D eigenvalue weighted by Gasteiger charge is 2.34. The predicted octanol–water partition coefficient (Wildman–Crippen LogP) is 0.763. The number of amides is 2. The predicted molar refractivity (Wildman–Crippen MR) is 60.9 cm³/mol. The van der Waals surface area contributed by atoms with Crippen LogP contribution in [0.5, 0.6) is 0 Å². The first kappa shape index (κ1) is 11.7. The molecule has 5 heteroatoms. The number of carbonyl (C=O) groups is 2. The van der Waals surface area contributed by atoms with E-state index in [0.717, 1.165) is 0 Å². The molecule has 1 aromatic heterocycles. The Hall–Kier alpha value is -1.78. The quantitative estimate of drug-likeness (QED) is 0.842. The van der Waals surface area contributed by atoms with Crippen molar-refractivity contribution in [2.24, 2.45) is 5.92 Å². The van der Waals surface area contributed by atoms with Crippen LogP contribution in [0.15, 0.2) is 22.8 Å². The number of carbonyl (C=O) groups excluding carboxylic acids is 2. The van der Waals surface area contributed by atoms with Gasteiger partial charge in [0.2, 0.25) is 11.8 Å². The van der Waals surface area contributed by atoms with E-state index in [1.807, 2.05) is 13.8 Å². The summed E-state index contributed by atoms with van der Waals surface area (Å²) in [5, 5.41) is 2.71. The van der Waals surface area contributed by atoms with Crippen LogP contribution in [-0.4, -0.2) is 29.3 Å². The molecule has 0 aromatic carbocycles. The van der Waals surface area contributed by atoms with Crippen LogP contribution in [0.1, 0.15) is 19.6 Å². The molecule has 1 aromatic rings. The summed E-state index contributed by atoms with van der Waals surface area (Å²) in [5.41, 5.74) is 0. The fourth-order valence-corrected chi connectivity index (χ4v) is 1.91. The molecule has 0 aliphatic carbocycles. The Bertz CT molecular complexity index is 411. The fourth-order valence-electron chi connectivity index (χ4n) is 1.91. The van der Waals surface area contributed by atoms with Crippen molar-refractivity contribution in [1.29, 1.82) is 0 Å². The van der Waals surface area contributed by atoms with Gasteiger partial charge in [0.05, 0.1) is 12.8 Å². The second kappa shape index (κ2) is 4.61. The largest absolute Gasteiger partial charge is 0.467 e. The number of hydrogen-bond donors (Lipinski definition) is 1. The summed E-state index contributed by atoms with van der Waals surface area (Å²) >= 11 is 0. The second-order valence-corrected chi connectivity index (χ2v) is 4.56. The summed E-state index contributed by atoms with van der Waals surface area (Å²) in [6.07, 6.45) is 1.56. The van der Waals surface area contributed by atoms with Crippen LogP contribution in [0.2, 0.25) is 0 Å². The van der Waals surface area contributed by atoms with Gasteiger partial charge >= 0.3 is 0 Å². The van der Waals surface area contributed by atoms with Crippen LogP contribution in [0, 0.1) is 5.92 Å². The van der Waals surface area contributed by atoms with Gasteiger partial charge in [0.1, 0.15) is 18.3 Å². The molecule has 1 atom stereocenters. The highest BCUT2D eigenvalue weighted by Crippen LogP contribution is 2.14. The molecule has 2 rings (SSSR count). The van der Waals surface area contributed by atoms with Gasteiger partial charge in [-0.1, -0.05) is 13.8 Å². The number of piperazine rings is 1. The summed E-state index contributed by atoms with van der Waals surface area (Å²) in [7, 11) is 0. The molecule has 5 nitrogen and oxygen atoms in total. The lowest BCUT2D eigenvalue weighted by molar-refractivity contribution is -0.146. The van der Waals surface area contributed by atoms with E-state index in [9.17, 15) is 9.59 Å². The molecule has 0 radical (unpaired) electrons. The van der Waals surface area contributed by atoms with Gasteiger partial charge < -0.3 is 14.6 Å². The Labute approximate surface area is 99.8 Å². The van der Waals surface area contributed by atoms with Gasteiger partial charge in [0.15, 0.2) is 0 Å². The highest BCUT2D eigenvalue weighted by molar-refractivity contribution is 5.94. The van der Waals surface area contributed by atoms with Gasteiger partial charge in [-0.05, 0) is 18.1 Å². The van der Waals surface area contributed by atoms with E-state index in [0.29, 0.717) is 12.3 Å². The molecule has 1 aliphatic rings. The molecule has 2 heterocycles. The van der Waals surface area contributed by atoms with Crippen molar-refractivity contribution in [3.63, 3.8) is 0 Å². The average Bonchev–Trinajstić information content (AvgIpc) is 2.75. The summed E-state index contributed by atoms with van der Waals surface area (Å²) < 4.78 is 5.19. The zero-order valence-electron chi connectivity index (χ0n) is 9.97. The highest BCUT2D eigenvalue weighted by atomic mass is 16.3. The number of hydrogen-bond acceptors (Lipinski definition) is 3. The third-order valence-corrected chi connectivity index (χ3v) is 2.82. The molecule has 92 valence electrons. The van der Waals surface area contributed by atoms with Gasteiger partial charge in [-0.25, -0.2) is 0 Å². The minimum atomic E-state index is -0.425. The molecule has 1 aliphatic heterocycles. The third-order valence-electron chi connectivity index (χ3n) is 2.82. The summed E-state index contributed by atoms with van der Waals surface area (Å²) in [6.45, 7) is 4.28. The second-order valence-electron chi connectivity index (χ2n) is 4.56. The first-order chi connectivity index (χ1) is 8.08. The zero-order valence-corrected chi connectivity index (χ0v) is 9.97. The van der Waals surface area contributed by atoms with Gasteiger partial charge in [0, 0.05) is 0 Å². The minimum absolute atomic E-state index is 0.0454. The standard InChI is InChI=1S/C12H16N2O3/c1-8(2)11-12(16)14(7-10(15)13-11)6-9-4-3-5-17-9/h3-5,8,11H,6-7H2,1-2H3,(H,13,15). The number of nitrogens with zero attached hydrogens (tertiary/aromatic N) is 1. The molecular weight excluding hydrogens is 220 g/mol. The normalized spacial score (nSPS) is 20.9. The van der Waals surface area contributed by atoms with Crippen LogP contribution in [0.3, 0.4) is 0 Å². The van der Waals surface area contributed by atoms with E-state index in [1.54, 1.807) is 18.4 Å². The Morgan fingerprint density at radius 1 is 1.53 bits per heavy atom. The zero-order chi connectivity index (χ0) is 12.4. The first-order valence-corrected chi connectivity index (χ1v) is 5.68. The summed E-state index contributed by atoms with van der Waals surface area (Å²) in [4.78, 5) is 25.2. The Balaban J connectivity index is 2.10. The molecule has 17 heavy (non-hydrogen) atoms. The van der Waals surface area contributed by atoms with E-state index < -0.39 is 6.04 Å². The SMILES string of the molecule is CC(C)C1NC(=O)CN(Cc2ccco2)C1=O. The van der Waals surface area contributed by atoms with Crippen molar-refractivity contribution in [2.45, 2.75) is 26.4 Å². The van der Waals surface area contributed by atoms with Crippen LogP contribution in [0.4, 0.5) is 0 Å². The molecule has 1 unspecified atom stereocenters. The van der Waals surface area contributed by atoms with Crippen LogP contribution in [0.25, 0.3) is 0 Å². The van der Waals surface area contributed by atoms with E-state index in [2.05, 4.69) is 5.32 Å². The van der Waals surface area contributed by atoms with Crippen molar-refractivity contribution in [1.82, 2.24) is 10.2 Å². The lowest BCUT2D eigenvalue weighted by atomic mass is 10.0. The Morgan fingerprint density at radius 3 is 2.88 bits per heavy atom. The van der Waals surface area contributed by atoms with Crippen molar-refractivity contribution >= 4 is 11.8 Å². The molecular formula is C12H16N2O3. The molecule has 2 amide bonds. The number of rotatable bonds is 3. The monoisotopic (exact) mass is 236 g/mol. The van der Waals surface area contributed by atoms with E-state index >= 15 is 0 Å². The maximum atomic E-state index is 12.1. The molecule has 1 N–H and O–H groups in total. The van der Waals surface area contributed by atoms with Gasteiger partial charge in [-0.15, -0.1) is 0 Å². The molecule has 0 bridgehead atoms. The fraction of sp³-hybridized carbons (Fsp3) is 0.500. The summed E-state index contributed by atoms with van der Waals surface area (Å²) in [5.74, 6) is 0.618. The van der Waals surface area contributed by atoms with E-state index in [-0.39, 0.29) is 24.3 Å². The van der Waals surface area contributed by atoms with Crippen molar-refractivity contribution < 1.29 is 14.0 Å². The minimum Gasteiger partial charge on any atom is -0.467 e. The van der Waals surface area contributed by atoms with Gasteiger partial charge in [-0.3, -0.25) is 9.59 Å². The van der Waals surface area contributed by atoms with Gasteiger partial charge in [0.25, 0.3) is 0 Å². The Kier molecular flexibility index (Phi) is 3.17. The average molecular weight is 236 g/mol. The molecule has 1 saturated heterocycles. The smallest absolute Gasteiger partial charge is 0.246 e. The maximum Gasteiger partial charge on any atom is 0.246 e. The lowest BCUT2D eigenvalue weighted by Crippen LogP contribution is -2.59. The van der Waals surface area contributed by atoms with E-state index in [4.69, 9.17) is 4.42 Å². The van der Waals surface area contributed by atoms with Crippen molar-refractivity contribution in [3.05, 3.63) is 24.2 Å². The molecule has 0 saturated carbocycles. The van der Waals surface area contributed by atoms with Crippen LogP contribution >= 0.6 is 0 Å².